The first-order valence-electron chi connectivity index (χ1n) is 12.9. The number of hydrogen-bond donors (Lipinski definition) is 3. The van der Waals surface area contributed by atoms with Crippen LogP contribution in [-0.4, -0.2) is 49.3 Å². The minimum Gasteiger partial charge on any atom is -0.550 e. The van der Waals surface area contributed by atoms with Crippen LogP contribution in [0.3, 0.4) is 0 Å². The van der Waals surface area contributed by atoms with Crippen LogP contribution < -0.4 is 15.3 Å². The summed E-state index contributed by atoms with van der Waals surface area (Å²) in [6.07, 6.45) is 18.4. The van der Waals surface area contributed by atoms with E-state index < -0.39 is 5.97 Å². The average Bonchev–Trinajstić information content (AvgIpc) is 2.99. The number of carboxylic acid groups (broad SMARTS) is 1. The maximum Gasteiger partial charge on any atom is 0.219 e. The predicted molar refractivity (Wildman–Crippen MR) is 125 cm³/mol. The Bertz CT molecular complexity index is 420. The highest BCUT2D eigenvalue weighted by atomic mass is 16.4. The van der Waals surface area contributed by atoms with E-state index in [4.69, 9.17) is 9.90 Å². The number of aliphatic hydroxyl groups is 1. The number of quaternary nitrogens is 1. The van der Waals surface area contributed by atoms with E-state index in [1.807, 2.05) is 0 Å². The zero-order valence-electron chi connectivity index (χ0n) is 20.4. The van der Waals surface area contributed by atoms with Crippen molar-refractivity contribution in [3.63, 3.8) is 0 Å². The van der Waals surface area contributed by atoms with Crippen molar-refractivity contribution in [2.24, 2.45) is 0 Å². The SMILES string of the molecule is CC(=O)[O-].CCCCCCCCCC(O)CCCC(=O)NCCC[NH+]1CCCCCC1. The molecule has 0 saturated carbocycles. The highest BCUT2D eigenvalue weighted by molar-refractivity contribution is 5.75. The van der Waals surface area contributed by atoms with Gasteiger partial charge < -0.3 is 25.2 Å². The van der Waals surface area contributed by atoms with Crippen LogP contribution in [-0.2, 0) is 9.59 Å². The normalized spacial score (nSPS) is 15.5. The molecule has 6 heteroatoms. The molecule has 1 amide bonds. The number of amides is 1. The smallest absolute Gasteiger partial charge is 0.219 e. The van der Waals surface area contributed by atoms with E-state index >= 15 is 0 Å². The van der Waals surface area contributed by atoms with E-state index in [9.17, 15) is 9.90 Å². The van der Waals surface area contributed by atoms with Gasteiger partial charge >= 0.3 is 0 Å². The van der Waals surface area contributed by atoms with Gasteiger partial charge in [-0.1, -0.05) is 51.9 Å². The Morgan fingerprint density at radius 1 is 0.903 bits per heavy atom. The lowest BCUT2D eigenvalue weighted by atomic mass is 10.0. The van der Waals surface area contributed by atoms with Crippen LogP contribution in [0, 0.1) is 0 Å². The van der Waals surface area contributed by atoms with Crippen LogP contribution in [0.15, 0.2) is 0 Å². The largest absolute Gasteiger partial charge is 0.550 e. The Kier molecular flexibility index (Phi) is 21.3. The zero-order chi connectivity index (χ0) is 23.2. The van der Waals surface area contributed by atoms with Gasteiger partial charge in [0.15, 0.2) is 0 Å². The summed E-state index contributed by atoms with van der Waals surface area (Å²) in [7, 11) is 0. The lowest BCUT2D eigenvalue weighted by Crippen LogP contribution is -3.11. The number of carboxylic acids is 1. The Balaban J connectivity index is 0.00000206. The minimum atomic E-state index is -1.08. The first-order chi connectivity index (χ1) is 15.0. The molecule has 1 rings (SSSR count). The van der Waals surface area contributed by atoms with Crippen molar-refractivity contribution in [1.29, 1.82) is 0 Å². The van der Waals surface area contributed by atoms with Crippen LogP contribution in [0.4, 0.5) is 0 Å². The summed E-state index contributed by atoms with van der Waals surface area (Å²) in [6.45, 7) is 7.84. The van der Waals surface area contributed by atoms with Crippen molar-refractivity contribution in [3.8, 4) is 0 Å². The number of likely N-dealkylation sites (tertiary alicyclic amines) is 1. The molecule has 1 saturated heterocycles. The monoisotopic (exact) mass is 442 g/mol. The van der Waals surface area contributed by atoms with E-state index in [1.54, 1.807) is 4.90 Å². The number of aliphatic carboxylic acids is 1. The highest BCUT2D eigenvalue weighted by Crippen LogP contribution is 2.12. The molecule has 0 radical (unpaired) electrons. The maximum absolute atomic E-state index is 11.9. The van der Waals surface area contributed by atoms with Crippen LogP contribution in [0.2, 0.25) is 0 Å². The molecule has 1 atom stereocenters. The van der Waals surface area contributed by atoms with Gasteiger partial charge in [-0.25, -0.2) is 0 Å². The number of aliphatic hydroxyl groups excluding tert-OH is 1. The minimum absolute atomic E-state index is 0.156. The van der Waals surface area contributed by atoms with Crippen molar-refractivity contribution < 1.29 is 24.7 Å². The van der Waals surface area contributed by atoms with Crippen LogP contribution in [0.25, 0.3) is 0 Å². The Morgan fingerprint density at radius 2 is 1.45 bits per heavy atom. The molecule has 0 spiro atoms. The summed E-state index contributed by atoms with van der Waals surface area (Å²) in [5, 5.41) is 22.0. The predicted octanol–water partition coefficient (Wildman–Crippen LogP) is 2.38. The lowest BCUT2D eigenvalue weighted by Gasteiger charge is -2.16. The van der Waals surface area contributed by atoms with Crippen molar-refractivity contribution in [2.45, 2.75) is 123 Å². The Labute approximate surface area is 191 Å². The second kappa shape index (κ2) is 22.1. The molecular weight excluding hydrogens is 392 g/mol. The molecule has 0 aliphatic carbocycles. The topological polar surface area (TPSA) is 93.9 Å². The number of hydrogen-bond acceptors (Lipinski definition) is 4. The van der Waals surface area contributed by atoms with Gasteiger partial charge in [-0.2, -0.15) is 0 Å². The first-order valence-corrected chi connectivity index (χ1v) is 12.9. The molecule has 0 aromatic heterocycles. The quantitative estimate of drug-likeness (QED) is 0.320. The second-order valence-corrected chi connectivity index (χ2v) is 9.07. The van der Waals surface area contributed by atoms with E-state index in [1.165, 1.54) is 83.8 Å². The lowest BCUT2D eigenvalue weighted by molar-refractivity contribution is -0.899. The van der Waals surface area contributed by atoms with E-state index in [0.717, 1.165) is 45.6 Å². The second-order valence-electron chi connectivity index (χ2n) is 9.07. The fraction of sp³-hybridized carbons (Fsp3) is 0.920. The van der Waals surface area contributed by atoms with Crippen LogP contribution >= 0.6 is 0 Å². The van der Waals surface area contributed by atoms with Gasteiger partial charge in [0.25, 0.3) is 0 Å². The van der Waals surface area contributed by atoms with Gasteiger partial charge in [0.1, 0.15) is 0 Å². The maximum atomic E-state index is 11.9. The number of carbonyl (C=O) groups excluding carboxylic acids is 2. The van der Waals surface area contributed by atoms with Gasteiger partial charge in [0.2, 0.25) is 5.91 Å². The summed E-state index contributed by atoms with van der Waals surface area (Å²) < 4.78 is 0. The van der Waals surface area contributed by atoms with Crippen molar-refractivity contribution in [1.82, 2.24) is 5.32 Å². The Morgan fingerprint density at radius 3 is 2.06 bits per heavy atom. The van der Waals surface area contributed by atoms with Gasteiger partial charge in [0.05, 0.1) is 25.7 Å². The summed E-state index contributed by atoms with van der Waals surface area (Å²) in [5.74, 6) is -0.927. The van der Waals surface area contributed by atoms with Gasteiger partial charge in [-0.05, 0) is 51.9 Å². The third-order valence-electron chi connectivity index (χ3n) is 5.92. The van der Waals surface area contributed by atoms with E-state index in [-0.39, 0.29) is 12.0 Å². The number of rotatable bonds is 16. The number of carbonyl (C=O) groups is 2. The summed E-state index contributed by atoms with van der Waals surface area (Å²) in [4.78, 5) is 22.5. The summed E-state index contributed by atoms with van der Waals surface area (Å²) in [5.41, 5.74) is 0. The third-order valence-corrected chi connectivity index (χ3v) is 5.92. The van der Waals surface area contributed by atoms with Crippen molar-refractivity contribution in [2.75, 3.05) is 26.2 Å². The fourth-order valence-electron chi connectivity index (χ4n) is 4.11. The van der Waals surface area contributed by atoms with E-state index in [2.05, 4.69) is 12.2 Å². The molecule has 1 fully saturated rings. The fourth-order valence-corrected chi connectivity index (χ4v) is 4.11. The van der Waals surface area contributed by atoms with Crippen LogP contribution in [0.5, 0.6) is 0 Å². The first kappa shape index (κ1) is 29.9. The molecule has 1 heterocycles. The summed E-state index contributed by atoms with van der Waals surface area (Å²) >= 11 is 0. The average molecular weight is 443 g/mol. The van der Waals surface area contributed by atoms with E-state index in [0.29, 0.717) is 6.42 Å². The molecular formula is C25H50N2O4. The zero-order valence-corrected chi connectivity index (χ0v) is 20.4. The molecule has 1 aliphatic heterocycles. The Hall–Kier alpha value is -1.14. The molecule has 0 aromatic rings. The molecule has 31 heavy (non-hydrogen) atoms. The molecule has 1 aliphatic rings. The molecule has 3 N–H and O–H groups in total. The third kappa shape index (κ3) is 23.4. The number of unbranched alkanes of at least 4 members (excludes halogenated alkanes) is 6. The van der Waals surface area contributed by atoms with Gasteiger partial charge in [-0.3, -0.25) is 4.79 Å². The number of nitrogens with one attached hydrogen (secondary N) is 2. The summed E-state index contributed by atoms with van der Waals surface area (Å²) in [6, 6.07) is 0. The standard InChI is InChI=1S/C23H46N2O2.C2H4O2/c1-2-3-4-5-6-7-10-15-22(26)16-13-17-23(27)24-18-14-21-25-19-11-8-9-12-20-25;1-2(3)4/h22,26H,2-21H2,1H3,(H,24,27);1H3,(H,3,4). The van der Waals surface area contributed by atoms with Gasteiger partial charge in [0, 0.05) is 25.4 Å². The molecule has 1 unspecified atom stereocenters. The highest BCUT2D eigenvalue weighted by Gasteiger charge is 2.12. The molecule has 184 valence electrons. The van der Waals surface area contributed by atoms with Crippen molar-refractivity contribution in [3.05, 3.63) is 0 Å². The van der Waals surface area contributed by atoms with Crippen LogP contribution in [0.1, 0.15) is 117 Å². The molecule has 0 bridgehead atoms. The van der Waals surface area contributed by atoms with Gasteiger partial charge in [-0.15, -0.1) is 0 Å². The molecule has 6 nitrogen and oxygen atoms in total. The van der Waals surface area contributed by atoms with Crippen molar-refractivity contribution >= 4 is 11.9 Å². The molecule has 0 aromatic carbocycles.